The number of benzene rings is 2. The number of rotatable bonds is 7. The monoisotopic (exact) mass is 529 g/mol. The Labute approximate surface area is 219 Å². The van der Waals surface area contributed by atoms with Gasteiger partial charge in [-0.25, -0.2) is 14.4 Å². The number of hydrogen-bond donors (Lipinski definition) is 1. The van der Waals surface area contributed by atoms with E-state index in [-0.39, 0.29) is 17.0 Å². The van der Waals surface area contributed by atoms with Crippen LogP contribution >= 0.6 is 11.6 Å². The largest absolute Gasteiger partial charge is 0.493 e. The summed E-state index contributed by atoms with van der Waals surface area (Å²) in [5, 5.41) is 3.93. The Hall–Kier alpha value is -3.21. The summed E-state index contributed by atoms with van der Waals surface area (Å²) in [6.45, 7) is 4.51. The number of morpholine rings is 1. The Morgan fingerprint density at radius 2 is 1.92 bits per heavy atom. The van der Waals surface area contributed by atoms with E-state index in [4.69, 9.17) is 25.8 Å². The van der Waals surface area contributed by atoms with Gasteiger partial charge >= 0.3 is 0 Å². The molecular weight excluding hydrogens is 501 g/mol. The lowest BCUT2D eigenvalue weighted by molar-refractivity contribution is -0.136. The minimum absolute atomic E-state index is 0.0157. The molecule has 0 radical (unpaired) electrons. The van der Waals surface area contributed by atoms with Gasteiger partial charge in [-0.05, 0) is 37.1 Å². The summed E-state index contributed by atoms with van der Waals surface area (Å²) in [5.41, 5.74) is 1.27. The van der Waals surface area contributed by atoms with Crippen molar-refractivity contribution >= 4 is 39.9 Å². The van der Waals surface area contributed by atoms with E-state index in [0.717, 1.165) is 31.3 Å². The highest BCUT2D eigenvalue weighted by molar-refractivity contribution is 6.31. The van der Waals surface area contributed by atoms with Crippen LogP contribution in [-0.4, -0.2) is 84.8 Å². The van der Waals surface area contributed by atoms with Crippen molar-refractivity contribution in [3.8, 4) is 11.5 Å². The van der Waals surface area contributed by atoms with Crippen molar-refractivity contribution in [1.82, 2.24) is 19.8 Å². The minimum Gasteiger partial charge on any atom is -0.493 e. The number of anilines is 2. The molecule has 37 heavy (non-hydrogen) atoms. The van der Waals surface area contributed by atoms with Crippen LogP contribution in [0.25, 0.3) is 10.9 Å². The van der Waals surface area contributed by atoms with Crippen molar-refractivity contribution in [2.24, 2.45) is 0 Å². The molecule has 2 saturated heterocycles. The maximum absolute atomic E-state index is 13.6. The number of hydrogen-bond acceptors (Lipinski definition) is 8. The Morgan fingerprint density at radius 3 is 2.65 bits per heavy atom. The molecule has 0 bridgehead atoms. The highest BCUT2D eigenvalue weighted by Crippen LogP contribution is 2.36. The van der Waals surface area contributed by atoms with Crippen LogP contribution in [0.5, 0.6) is 11.5 Å². The molecule has 9 nitrogen and oxygen atoms in total. The SMILES string of the molecule is COc1cc2ncnc(Nc3ccc(F)c(Cl)c3)c2cc1OC1CCN(CC(=O)N2CCOCC2)CC1. The zero-order chi connectivity index (χ0) is 25.8. The van der Waals surface area contributed by atoms with Gasteiger partial charge < -0.3 is 24.4 Å². The fourth-order valence-electron chi connectivity index (χ4n) is 4.59. The van der Waals surface area contributed by atoms with Crippen molar-refractivity contribution < 1.29 is 23.4 Å². The molecule has 0 saturated carbocycles. The normalized spacial score (nSPS) is 17.1. The van der Waals surface area contributed by atoms with E-state index in [1.54, 1.807) is 13.2 Å². The fraction of sp³-hybridized carbons (Fsp3) is 0.423. The van der Waals surface area contributed by atoms with Crippen molar-refractivity contribution in [3.63, 3.8) is 0 Å². The van der Waals surface area contributed by atoms with E-state index in [1.807, 2.05) is 17.0 Å². The first-order valence-corrected chi connectivity index (χ1v) is 12.7. The number of nitrogens with one attached hydrogen (secondary N) is 1. The minimum atomic E-state index is -0.489. The summed E-state index contributed by atoms with van der Waals surface area (Å²) >= 11 is 5.94. The number of amides is 1. The predicted octanol–water partition coefficient (Wildman–Crippen LogP) is 3.88. The first-order chi connectivity index (χ1) is 18.0. The number of nitrogens with zero attached hydrogens (tertiary/aromatic N) is 4. The molecule has 3 heterocycles. The average molecular weight is 530 g/mol. The molecule has 2 aliphatic heterocycles. The van der Waals surface area contributed by atoms with Gasteiger partial charge in [0, 0.05) is 43.3 Å². The van der Waals surface area contributed by atoms with Gasteiger partial charge in [0.25, 0.3) is 0 Å². The standard InChI is InChI=1S/C26H29ClFN5O4/c1-35-23-14-22-19(26(30-16-29-22)31-17-2-3-21(28)20(27)12-17)13-24(23)37-18-4-6-32(7-5-18)15-25(34)33-8-10-36-11-9-33/h2-3,12-14,16,18H,4-11,15H2,1H3,(H,29,30,31). The smallest absolute Gasteiger partial charge is 0.236 e. The fourth-order valence-corrected chi connectivity index (χ4v) is 4.78. The molecule has 2 aliphatic rings. The molecule has 2 aromatic carbocycles. The van der Waals surface area contributed by atoms with Crippen LogP contribution in [0, 0.1) is 5.82 Å². The number of likely N-dealkylation sites (tertiary alicyclic amines) is 1. The summed E-state index contributed by atoms with van der Waals surface area (Å²) in [5.74, 6) is 1.37. The molecule has 0 aliphatic carbocycles. The molecule has 1 aromatic heterocycles. The van der Waals surface area contributed by atoms with Crippen LogP contribution in [0.2, 0.25) is 5.02 Å². The predicted molar refractivity (Wildman–Crippen MR) is 138 cm³/mol. The van der Waals surface area contributed by atoms with Crippen LogP contribution < -0.4 is 14.8 Å². The second-order valence-electron chi connectivity index (χ2n) is 9.08. The van der Waals surface area contributed by atoms with E-state index < -0.39 is 5.82 Å². The summed E-state index contributed by atoms with van der Waals surface area (Å²) in [6.07, 6.45) is 3.02. The zero-order valence-corrected chi connectivity index (χ0v) is 21.3. The van der Waals surface area contributed by atoms with Gasteiger partial charge in [-0.2, -0.15) is 0 Å². The first-order valence-electron chi connectivity index (χ1n) is 12.3. The number of piperidine rings is 1. The molecule has 5 rings (SSSR count). The van der Waals surface area contributed by atoms with E-state index in [0.29, 0.717) is 61.4 Å². The molecule has 2 fully saturated rings. The molecule has 0 spiro atoms. The molecule has 11 heteroatoms. The maximum atomic E-state index is 13.6. The molecule has 3 aromatic rings. The molecule has 196 valence electrons. The third-order valence-electron chi connectivity index (χ3n) is 6.65. The van der Waals surface area contributed by atoms with Crippen LogP contribution in [0.4, 0.5) is 15.9 Å². The topological polar surface area (TPSA) is 89.1 Å². The number of carbonyl (C=O) groups excluding carboxylic acids is 1. The maximum Gasteiger partial charge on any atom is 0.236 e. The number of carbonyl (C=O) groups is 1. The van der Waals surface area contributed by atoms with Gasteiger partial charge in [-0.1, -0.05) is 11.6 Å². The van der Waals surface area contributed by atoms with E-state index in [9.17, 15) is 9.18 Å². The number of methoxy groups -OCH3 is 1. The summed E-state index contributed by atoms with van der Waals surface area (Å²) in [6, 6.07) is 8.06. The van der Waals surface area contributed by atoms with Crippen molar-refractivity contribution in [3.05, 3.63) is 47.5 Å². The number of halogens is 2. The van der Waals surface area contributed by atoms with Gasteiger partial charge in [-0.3, -0.25) is 9.69 Å². The Balaban J connectivity index is 1.27. The van der Waals surface area contributed by atoms with Crippen molar-refractivity contribution in [2.75, 3.05) is 58.4 Å². The Bertz CT molecular complexity index is 1270. The Morgan fingerprint density at radius 1 is 1.14 bits per heavy atom. The summed E-state index contributed by atoms with van der Waals surface area (Å²) in [7, 11) is 1.59. The summed E-state index contributed by atoms with van der Waals surface area (Å²) < 4.78 is 30.9. The van der Waals surface area contributed by atoms with E-state index in [1.165, 1.54) is 18.5 Å². The number of ether oxygens (including phenoxy) is 3. The first kappa shape index (κ1) is 25.4. The summed E-state index contributed by atoms with van der Waals surface area (Å²) in [4.78, 5) is 25.4. The van der Waals surface area contributed by atoms with Crippen molar-refractivity contribution in [2.45, 2.75) is 18.9 Å². The second kappa shape index (κ2) is 11.5. The van der Waals surface area contributed by atoms with Crippen LogP contribution in [-0.2, 0) is 9.53 Å². The third kappa shape index (κ3) is 6.03. The lowest BCUT2D eigenvalue weighted by Gasteiger charge is -2.34. The van der Waals surface area contributed by atoms with E-state index in [2.05, 4.69) is 20.2 Å². The molecule has 0 unspecified atom stereocenters. The van der Waals surface area contributed by atoms with Gasteiger partial charge in [0.1, 0.15) is 24.1 Å². The van der Waals surface area contributed by atoms with Crippen LogP contribution in [0.3, 0.4) is 0 Å². The van der Waals surface area contributed by atoms with Gasteiger partial charge in [-0.15, -0.1) is 0 Å². The van der Waals surface area contributed by atoms with Gasteiger partial charge in [0.15, 0.2) is 11.5 Å². The van der Waals surface area contributed by atoms with Crippen molar-refractivity contribution in [1.29, 1.82) is 0 Å². The highest BCUT2D eigenvalue weighted by atomic mass is 35.5. The van der Waals surface area contributed by atoms with Gasteiger partial charge in [0.2, 0.25) is 5.91 Å². The van der Waals surface area contributed by atoms with Gasteiger partial charge in [0.05, 0.1) is 37.4 Å². The molecule has 1 amide bonds. The van der Waals surface area contributed by atoms with Crippen LogP contribution in [0.1, 0.15) is 12.8 Å². The Kier molecular flexibility index (Phi) is 7.87. The average Bonchev–Trinajstić information content (AvgIpc) is 2.92. The van der Waals surface area contributed by atoms with E-state index >= 15 is 0 Å². The number of fused-ring (bicyclic) bond motifs is 1. The molecule has 1 N–H and O–H groups in total. The highest BCUT2D eigenvalue weighted by Gasteiger charge is 2.26. The zero-order valence-electron chi connectivity index (χ0n) is 20.6. The quantitative estimate of drug-likeness (QED) is 0.493. The lowest BCUT2D eigenvalue weighted by Crippen LogP contribution is -2.48. The van der Waals surface area contributed by atoms with Crippen LogP contribution in [0.15, 0.2) is 36.7 Å². The number of aromatic nitrogens is 2. The molecular formula is C26H29ClFN5O4. The third-order valence-corrected chi connectivity index (χ3v) is 6.94. The second-order valence-corrected chi connectivity index (χ2v) is 9.49. The lowest BCUT2D eigenvalue weighted by atomic mass is 10.1. The molecule has 0 atom stereocenters.